The van der Waals surface area contributed by atoms with Crippen LogP contribution in [-0.2, 0) is 14.3 Å². The molecule has 0 aromatic rings. The molecule has 1 amide bonds. The zero-order valence-corrected chi connectivity index (χ0v) is 11.5. The molecule has 0 aliphatic carbocycles. The van der Waals surface area contributed by atoms with E-state index in [9.17, 15) is 4.79 Å². The number of hydrogen-bond acceptors (Lipinski definition) is 4. The number of nitrogens with one attached hydrogen (secondary N) is 1. The van der Waals surface area contributed by atoms with Crippen LogP contribution in [0.5, 0.6) is 0 Å². The molecule has 1 fully saturated rings. The van der Waals surface area contributed by atoms with Crippen LogP contribution in [0.25, 0.3) is 0 Å². The Balaban J connectivity index is 1.89. The molecular weight excluding hydrogens is 232 g/mol. The second kappa shape index (κ2) is 10.3. The SMILES string of the molecule is COCCOCCNCCC(=O)N1CCCCC1. The van der Waals surface area contributed by atoms with Crippen LogP contribution in [0.2, 0.25) is 0 Å². The zero-order chi connectivity index (χ0) is 13.1. The standard InChI is InChI=1S/C13H26N2O3/c1-17-11-12-18-10-7-14-6-5-13(16)15-8-3-2-4-9-15/h14H,2-12H2,1H3. The second-order valence-electron chi connectivity index (χ2n) is 4.55. The van der Waals surface area contributed by atoms with Crippen molar-refractivity contribution in [2.45, 2.75) is 25.7 Å². The number of piperidine rings is 1. The lowest BCUT2D eigenvalue weighted by molar-refractivity contribution is -0.131. The monoisotopic (exact) mass is 258 g/mol. The number of nitrogens with zero attached hydrogens (tertiary/aromatic N) is 1. The van der Waals surface area contributed by atoms with Gasteiger partial charge in [-0.3, -0.25) is 4.79 Å². The van der Waals surface area contributed by atoms with Crippen LogP contribution in [0.3, 0.4) is 0 Å². The van der Waals surface area contributed by atoms with Gasteiger partial charge in [0.2, 0.25) is 5.91 Å². The lowest BCUT2D eigenvalue weighted by Gasteiger charge is -2.26. The summed E-state index contributed by atoms with van der Waals surface area (Å²) in [5, 5.41) is 3.22. The molecule has 0 atom stereocenters. The van der Waals surface area contributed by atoms with Gasteiger partial charge in [-0.25, -0.2) is 0 Å². The summed E-state index contributed by atoms with van der Waals surface area (Å²) in [6, 6.07) is 0. The van der Waals surface area contributed by atoms with Gasteiger partial charge in [-0.15, -0.1) is 0 Å². The summed E-state index contributed by atoms with van der Waals surface area (Å²) in [5.74, 6) is 0.280. The molecule has 0 aromatic heterocycles. The Morgan fingerprint density at radius 3 is 2.61 bits per heavy atom. The van der Waals surface area contributed by atoms with Crippen molar-refractivity contribution in [2.75, 3.05) is 53.1 Å². The van der Waals surface area contributed by atoms with E-state index in [-0.39, 0.29) is 5.91 Å². The number of methoxy groups -OCH3 is 1. The molecule has 0 spiro atoms. The molecule has 0 bridgehead atoms. The van der Waals surface area contributed by atoms with E-state index in [0.717, 1.165) is 39.0 Å². The summed E-state index contributed by atoms with van der Waals surface area (Å²) >= 11 is 0. The highest BCUT2D eigenvalue weighted by Gasteiger charge is 2.15. The average molecular weight is 258 g/mol. The molecule has 0 aromatic carbocycles. The third-order valence-corrected chi connectivity index (χ3v) is 3.08. The first-order chi connectivity index (χ1) is 8.84. The van der Waals surface area contributed by atoms with Crippen LogP contribution in [0.1, 0.15) is 25.7 Å². The summed E-state index contributed by atoms with van der Waals surface area (Å²) in [4.78, 5) is 13.8. The van der Waals surface area contributed by atoms with Gasteiger partial charge in [-0.1, -0.05) is 0 Å². The largest absolute Gasteiger partial charge is 0.382 e. The van der Waals surface area contributed by atoms with Crippen molar-refractivity contribution in [3.05, 3.63) is 0 Å². The first-order valence-corrected chi connectivity index (χ1v) is 6.90. The van der Waals surface area contributed by atoms with E-state index in [1.54, 1.807) is 7.11 Å². The van der Waals surface area contributed by atoms with E-state index in [0.29, 0.717) is 26.2 Å². The molecule has 0 saturated carbocycles. The van der Waals surface area contributed by atoms with E-state index < -0.39 is 0 Å². The molecule has 5 nitrogen and oxygen atoms in total. The van der Waals surface area contributed by atoms with E-state index in [4.69, 9.17) is 9.47 Å². The number of carbonyl (C=O) groups excluding carboxylic acids is 1. The molecule has 1 N–H and O–H groups in total. The van der Waals surface area contributed by atoms with Crippen LogP contribution < -0.4 is 5.32 Å². The van der Waals surface area contributed by atoms with Gasteiger partial charge in [0.05, 0.1) is 19.8 Å². The molecule has 106 valence electrons. The quantitative estimate of drug-likeness (QED) is 0.617. The minimum atomic E-state index is 0.280. The summed E-state index contributed by atoms with van der Waals surface area (Å²) in [7, 11) is 1.66. The molecule has 1 aliphatic heterocycles. The molecule has 1 aliphatic rings. The number of ether oxygens (including phenoxy) is 2. The maximum Gasteiger partial charge on any atom is 0.223 e. The van der Waals surface area contributed by atoms with Crippen LogP contribution in [-0.4, -0.2) is 63.9 Å². The van der Waals surface area contributed by atoms with E-state index in [1.165, 1.54) is 6.42 Å². The second-order valence-corrected chi connectivity index (χ2v) is 4.55. The molecule has 1 heterocycles. The Labute approximate surface area is 110 Å². The average Bonchev–Trinajstić information content (AvgIpc) is 2.42. The summed E-state index contributed by atoms with van der Waals surface area (Å²) < 4.78 is 10.2. The van der Waals surface area contributed by atoms with Gasteiger partial charge in [-0.05, 0) is 19.3 Å². The normalized spacial score (nSPS) is 15.9. The van der Waals surface area contributed by atoms with Crippen LogP contribution in [0.4, 0.5) is 0 Å². The van der Waals surface area contributed by atoms with Gasteiger partial charge in [0.1, 0.15) is 0 Å². The van der Waals surface area contributed by atoms with Crippen molar-refractivity contribution in [1.29, 1.82) is 0 Å². The van der Waals surface area contributed by atoms with Crippen molar-refractivity contribution >= 4 is 5.91 Å². The van der Waals surface area contributed by atoms with Gasteiger partial charge in [-0.2, -0.15) is 0 Å². The van der Waals surface area contributed by atoms with Crippen LogP contribution >= 0.6 is 0 Å². The fourth-order valence-corrected chi connectivity index (χ4v) is 2.01. The molecule has 5 heteroatoms. The maximum atomic E-state index is 11.8. The molecule has 0 unspecified atom stereocenters. The van der Waals surface area contributed by atoms with Gasteiger partial charge >= 0.3 is 0 Å². The minimum absolute atomic E-state index is 0.280. The zero-order valence-electron chi connectivity index (χ0n) is 11.5. The highest BCUT2D eigenvalue weighted by molar-refractivity contribution is 5.76. The fourth-order valence-electron chi connectivity index (χ4n) is 2.01. The van der Waals surface area contributed by atoms with Crippen molar-refractivity contribution in [3.63, 3.8) is 0 Å². The number of carbonyl (C=O) groups is 1. The summed E-state index contributed by atoms with van der Waals surface area (Å²) in [6.45, 7) is 5.34. The van der Waals surface area contributed by atoms with Gasteiger partial charge in [0.15, 0.2) is 0 Å². The molecule has 1 saturated heterocycles. The number of amides is 1. The minimum Gasteiger partial charge on any atom is -0.382 e. The van der Waals surface area contributed by atoms with Crippen LogP contribution in [0, 0.1) is 0 Å². The molecule has 1 rings (SSSR count). The molecule has 18 heavy (non-hydrogen) atoms. The van der Waals surface area contributed by atoms with Gasteiger partial charge < -0.3 is 19.7 Å². The predicted octanol–water partition coefficient (Wildman–Crippen LogP) is 0.642. The van der Waals surface area contributed by atoms with E-state index in [1.807, 2.05) is 4.90 Å². The Bertz CT molecular complexity index is 218. The maximum absolute atomic E-state index is 11.8. The van der Waals surface area contributed by atoms with Crippen molar-refractivity contribution in [3.8, 4) is 0 Å². The Morgan fingerprint density at radius 1 is 1.11 bits per heavy atom. The fraction of sp³-hybridized carbons (Fsp3) is 0.923. The summed E-state index contributed by atoms with van der Waals surface area (Å²) in [6.07, 6.45) is 4.18. The van der Waals surface area contributed by atoms with Crippen molar-refractivity contribution in [1.82, 2.24) is 10.2 Å². The van der Waals surface area contributed by atoms with Gasteiger partial charge in [0.25, 0.3) is 0 Å². The highest BCUT2D eigenvalue weighted by Crippen LogP contribution is 2.09. The number of hydrogen-bond donors (Lipinski definition) is 1. The van der Waals surface area contributed by atoms with Crippen LogP contribution in [0.15, 0.2) is 0 Å². The first-order valence-electron chi connectivity index (χ1n) is 6.90. The Kier molecular flexibility index (Phi) is 8.81. The third-order valence-electron chi connectivity index (χ3n) is 3.08. The Hall–Kier alpha value is -0.650. The number of rotatable bonds is 9. The van der Waals surface area contributed by atoms with Crippen molar-refractivity contribution in [2.24, 2.45) is 0 Å². The molecular formula is C13H26N2O3. The molecule has 0 radical (unpaired) electrons. The Morgan fingerprint density at radius 2 is 1.89 bits per heavy atom. The lowest BCUT2D eigenvalue weighted by atomic mass is 10.1. The lowest BCUT2D eigenvalue weighted by Crippen LogP contribution is -2.37. The topological polar surface area (TPSA) is 50.8 Å². The third kappa shape index (κ3) is 6.93. The summed E-state index contributed by atoms with van der Waals surface area (Å²) in [5.41, 5.74) is 0. The van der Waals surface area contributed by atoms with Gasteiger partial charge in [0, 0.05) is 39.7 Å². The number of likely N-dealkylation sites (tertiary alicyclic amines) is 1. The van der Waals surface area contributed by atoms with E-state index >= 15 is 0 Å². The smallest absolute Gasteiger partial charge is 0.223 e. The predicted molar refractivity (Wildman–Crippen MR) is 70.6 cm³/mol. The van der Waals surface area contributed by atoms with Crippen molar-refractivity contribution < 1.29 is 14.3 Å². The first kappa shape index (κ1) is 15.4. The highest BCUT2D eigenvalue weighted by atomic mass is 16.5. The van der Waals surface area contributed by atoms with E-state index in [2.05, 4.69) is 5.32 Å².